The van der Waals surface area contributed by atoms with E-state index in [0.29, 0.717) is 36.7 Å². The van der Waals surface area contributed by atoms with Crippen LogP contribution in [0.2, 0.25) is 0 Å². The van der Waals surface area contributed by atoms with Gasteiger partial charge in [-0.25, -0.2) is 13.8 Å². The maximum absolute atomic E-state index is 14.0. The Kier molecular flexibility index (Phi) is 6.33. The summed E-state index contributed by atoms with van der Waals surface area (Å²) in [5.41, 5.74) is 2.21. The van der Waals surface area contributed by atoms with Gasteiger partial charge in [0.15, 0.2) is 17.4 Å². The summed E-state index contributed by atoms with van der Waals surface area (Å²) in [5.74, 6) is -2.05. The van der Waals surface area contributed by atoms with Crippen molar-refractivity contribution < 1.29 is 23.1 Å². The van der Waals surface area contributed by atoms with Gasteiger partial charge in [-0.1, -0.05) is 13.8 Å². The number of likely N-dealkylation sites (tertiary alicyclic amines) is 1. The molecule has 0 saturated carbocycles. The second-order valence-electron chi connectivity index (χ2n) is 9.13. The predicted molar refractivity (Wildman–Crippen MR) is 125 cm³/mol. The number of pyridine rings is 1. The van der Waals surface area contributed by atoms with Crippen molar-refractivity contribution in [2.45, 2.75) is 39.3 Å². The average molecular weight is 474 g/mol. The fraction of sp³-hybridized carbons (Fsp3) is 0.458. The van der Waals surface area contributed by atoms with Gasteiger partial charge in [-0.05, 0) is 31.4 Å². The Labute approximate surface area is 197 Å². The maximum Gasteiger partial charge on any atom is 0.254 e. The van der Waals surface area contributed by atoms with E-state index in [0.717, 1.165) is 17.8 Å². The van der Waals surface area contributed by atoms with Gasteiger partial charge in [-0.3, -0.25) is 9.59 Å². The molecule has 1 aromatic heterocycles. The average Bonchev–Trinajstić information content (AvgIpc) is 3.22. The van der Waals surface area contributed by atoms with E-state index in [1.807, 2.05) is 38.8 Å². The molecule has 2 N–H and O–H groups in total. The molecule has 0 bridgehead atoms. The number of benzene rings is 1. The maximum atomic E-state index is 14.0. The Bertz CT molecular complexity index is 1120. The molecule has 2 aromatic rings. The molecule has 2 amide bonds. The minimum Gasteiger partial charge on any atom is -0.491 e. The van der Waals surface area contributed by atoms with Crippen molar-refractivity contribution in [2.75, 3.05) is 42.8 Å². The second-order valence-corrected chi connectivity index (χ2v) is 9.13. The number of methoxy groups -OCH3 is 1. The van der Waals surface area contributed by atoms with Gasteiger partial charge in [0.25, 0.3) is 5.91 Å². The highest BCUT2D eigenvalue weighted by atomic mass is 19.1. The molecule has 10 heteroatoms. The normalized spacial score (nSPS) is 19.8. The molecule has 0 unspecified atom stereocenters. The van der Waals surface area contributed by atoms with Crippen LogP contribution in [0.4, 0.5) is 26.0 Å². The Morgan fingerprint density at radius 2 is 1.94 bits per heavy atom. The lowest BCUT2D eigenvalue weighted by Gasteiger charge is -2.38. The summed E-state index contributed by atoms with van der Waals surface area (Å²) in [7, 11) is 3.07. The number of nitrogens with one attached hydrogen (secondary N) is 2. The lowest BCUT2D eigenvalue weighted by atomic mass is 9.98. The monoisotopic (exact) mass is 473 g/mol. The molecule has 34 heavy (non-hydrogen) atoms. The highest BCUT2D eigenvalue weighted by molar-refractivity contribution is 6.04. The molecule has 1 saturated heterocycles. The number of anilines is 3. The Morgan fingerprint density at radius 1 is 1.26 bits per heavy atom. The number of carbonyl (C=O) groups excluding carboxylic acids is 2. The number of fused-ring (bicyclic) bond motifs is 1. The standard InChI is InChI=1S/C24H29F2N5O3/c1-12(2)21-23(32)29-20-13(3)27-19(10-18(20)30(21)4)28-15-6-7-31(11-15)24(33)14-8-16(25)22(34-5)17(26)9-14/h8-10,12,15,21H,6-7,11H2,1-5H3,(H,27,28)(H,29,32)/t15-,21+/m1/s1. The molecule has 3 heterocycles. The number of amides is 2. The zero-order chi connectivity index (χ0) is 24.7. The van der Waals surface area contributed by atoms with Crippen LogP contribution in [0, 0.1) is 24.5 Å². The van der Waals surface area contributed by atoms with Gasteiger partial charge in [-0.15, -0.1) is 0 Å². The molecule has 4 rings (SSSR count). The molecule has 1 fully saturated rings. The van der Waals surface area contributed by atoms with Crippen molar-refractivity contribution in [3.63, 3.8) is 0 Å². The van der Waals surface area contributed by atoms with Gasteiger partial charge in [-0.2, -0.15) is 0 Å². The first-order valence-electron chi connectivity index (χ1n) is 11.2. The Balaban J connectivity index is 1.49. The number of carbonyl (C=O) groups is 2. The number of nitrogens with zero attached hydrogens (tertiary/aromatic N) is 3. The Morgan fingerprint density at radius 3 is 2.56 bits per heavy atom. The molecular formula is C24H29F2N5O3. The molecule has 0 spiro atoms. The van der Waals surface area contributed by atoms with E-state index in [1.54, 1.807) is 4.90 Å². The third-order valence-corrected chi connectivity index (χ3v) is 6.40. The van der Waals surface area contributed by atoms with Crippen molar-refractivity contribution in [1.29, 1.82) is 0 Å². The van der Waals surface area contributed by atoms with E-state index in [4.69, 9.17) is 0 Å². The van der Waals surface area contributed by atoms with Crippen LogP contribution in [0.3, 0.4) is 0 Å². The van der Waals surface area contributed by atoms with Crippen molar-refractivity contribution in [2.24, 2.45) is 5.92 Å². The zero-order valence-corrected chi connectivity index (χ0v) is 19.9. The van der Waals surface area contributed by atoms with Crippen LogP contribution in [0.5, 0.6) is 5.75 Å². The summed E-state index contributed by atoms with van der Waals surface area (Å²) < 4.78 is 32.8. The van der Waals surface area contributed by atoms with Gasteiger partial charge >= 0.3 is 0 Å². The van der Waals surface area contributed by atoms with Crippen LogP contribution < -0.4 is 20.3 Å². The smallest absolute Gasteiger partial charge is 0.254 e. The Hall–Kier alpha value is -3.43. The molecule has 1 aromatic carbocycles. The number of aryl methyl sites for hydroxylation is 1. The topological polar surface area (TPSA) is 86.8 Å². The third-order valence-electron chi connectivity index (χ3n) is 6.40. The van der Waals surface area contributed by atoms with Gasteiger partial charge in [0, 0.05) is 37.8 Å². The van der Waals surface area contributed by atoms with E-state index in [9.17, 15) is 18.4 Å². The van der Waals surface area contributed by atoms with Gasteiger partial charge < -0.3 is 25.2 Å². The molecule has 8 nitrogen and oxygen atoms in total. The summed E-state index contributed by atoms with van der Waals surface area (Å²) in [4.78, 5) is 33.5. The van der Waals surface area contributed by atoms with Crippen molar-refractivity contribution in [3.05, 3.63) is 41.1 Å². The SMILES string of the molecule is COc1c(F)cc(C(=O)N2CC[C@@H](Nc3cc4c(c(C)n3)NC(=O)[C@H](C(C)C)N4C)C2)cc1F. The van der Waals surface area contributed by atoms with E-state index in [2.05, 4.69) is 20.4 Å². The number of ether oxygens (including phenoxy) is 1. The zero-order valence-electron chi connectivity index (χ0n) is 19.9. The summed E-state index contributed by atoms with van der Waals surface area (Å²) in [5, 5.41) is 6.35. The first-order chi connectivity index (χ1) is 16.1. The van der Waals surface area contributed by atoms with Gasteiger partial charge in [0.05, 0.1) is 24.2 Å². The molecule has 2 aliphatic heterocycles. The fourth-order valence-corrected chi connectivity index (χ4v) is 4.77. The van der Waals surface area contributed by atoms with Crippen molar-refractivity contribution in [3.8, 4) is 5.75 Å². The number of rotatable bonds is 5. The van der Waals surface area contributed by atoms with Crippen LogP contribution in [-0.2, 0) is 4.79 Å². The number of aromatic nitrogens is 1. The minimum absolute atomic E-state index is 0.0491. The second kappa shape index (κ2) is 9.08. The van der Waals surface area contributed by atoms with Crippen LogP contribution in [0.15, 0.2) is 18.2 Å². The van der Waals surface area contributed by atoms with Gasteiger partial charge in [0.2, 0.25) is 5.91 Å². The number of likely N-dealkylation sites (N-methyl/N-ethyl adjacent to an activating group) is 1. The molecule has 0 aliphatic carbocycles. The molecule has 0 radical (unpaired) electrons. The highest BCUT2D eigenvalue weighted by Crippen LogP contribution is 2.37. The van der Waals surface area contributed by atoms with Crippen molar-refractivity contribution >= 4 is 29.0 Å². The number of hydrogen-bond acceptors (Lipinski definition) is 6. The van der Waals surface area contributed by atoms with Gasteiger partial charge in [0.1, 0.15) is 11.9 Å². The number of halogens is 2. The highest BCUT2D eigenvalue weighted by Gasteiger charge is 2.35. The number of hydrogen-bond donors (Lipinski definition) is 2. The van der Waals surface area contributed by atoms with Crippen LogP contribution in [0.1, 0.15) is 36.3 Å². The summed E-state index contributed by atoms with van der Waals surface area (Å²) in [6.07, 6.45) is 0.659. The summed E-state index contributed by atoms with van der Waals surface area (Å²) in [6.45, 7) is 6.66. The lowest BCUT2D eigenvalue weighted by Crippen LogP contribution is -2.49. The van der Waals surface area contributed by atoms with E-state index in [-0.39, 0.29) is 29.5 Å². The van der Waals surface area contributed by atoms with Crippen LogP contribution in [-0.4, -0.2) is 61.0 Å². The lowest BCUT2D eigenvalue weighted by molar-refractivity contribution is -0.118. The third kappa shape index (κ3) is 4.24. The summed E-state index contributed by atoms with van der Waals surface area (Å²) >= 11 is 0. The van der Waals surface area contributed by atoms with Crippen LogP contribution in [0.25, 0.3) is 0 Å². The van der Waals surface area contributed by atoms with Crippen molar-refractivity contribution in [1.82, 2.24) is 9.88 Å². The summed E-state index contributed by atoms with van der Waals surface area (Å²) in [6, 6.07) is 3.53. The molecule has 2 atom stereocenters. The van der Waals surface area contributed by atoms with E-state index >= 15 is 0 Å². The predicted octanol–water partition coefficient (Wildman–Crippen LogP) is 3.42. The quantitative estimate of drug-likeness (QED) is 0.692. The minimum atomic E-state index is -0.913. The largest absolute Gasteiger partial charge is 0.491 e. The molecular weight excluding hydrogens is 444 g/mol. The molecule has 182 valence electrons. The van der Waals surface area contributed by atoms with Crippen LogP contribution >= 0.6 is 0 Å². The van der Waals surface area contributed by atoms with E-state index in [1.165, 1.54) is 7.11 Å². The first kappa shape index (κ1) is 23.7. The first-order valence-corrected chi connectivity index (χ1v) is 11.2. The fourth-order valence-electron chi connectivity index (χ4n) is 4.77. The van der Waals surface area contributed by atoms with E-state index < -0.39 is 23.3 Å². The molecule has 2 aliphatic rings.